The van der Waals surface area contributed by atoms with Gasteiger partial charge in [0.1, 0.15) is 16.5 Å². The molecule has 1 N–H and O–H groups in total. The van der Waals surface area contributed by atoms with E-state index in [1.165, 1.54) is 17.7 Å². The first kappa shape index (κ1) is 34.9. The Morgan fingerprint density at radius 3 is 2.42 bits per heavy atom. The van der Waals surface area contributed by atoms with Crippen molar-refractivity contribution in [3.05, 3.63) is 51.1 Å². The van der Waals surface area contributed by atoms with Crippen LogP contribution in [0.2, 0.25) is 0 Å². The van der Waals surface area contributed by atoms with Crippen LogP contribution in [0.5, 0.6) is 17.2 Å². The van der Waals surface area contributed by atoms with Crippen LogP contribution < -0.4 is 24.4 Å². The van der Waals surface area contributed by atoms with Crippen molar-refractivity contribution in [3.8, 4) is 17.2 Å². The second-order valence-electron chi connectivity index (χ2n) is 12.6. The number of benzene rings is 1. The fourth-order valence-electron chi connectivity index (χ4n) is 6.77. The second kappa shape index (κ2) is 14.9. The summed E-state index contributed by atoms with van der Waals surface area (Å²) in [5.41, 5.74) is 2.25. The normalized spacial score (nSPS) is 17.4. The zero-order chi connectivity index (χ0) is 35.5. The van der Waals surface area contributed by atoms with Crippen molar-refractivity contribution in [2.45, 2.75) is 46.6 Å². The first-order valence-corrected chi connectivity index (χ1v) is 17.5. The lowest BCUT2D eigenvalue weighted by Crippen LogP contribution is -2.42. The van der Waals surface area contributed by atoms with Crippen molar-refractivity contribution < 1.29 is 33.0 Å². The summed E-state index contributed by atoms with van der Waals surface area (Å²) in [6.07, 6.45) is 3.24. The average molecular weight is 706 g/mol. The number of fused-ring (bicyclic) bond motifs is 5. The van der Waals surface area contributed by atoms with E-state index >= 15 is 0 Å². The lowest BCUT2D eigenvalue weighted by atomic mass is 9.97. The number of nitrogens with zero attached hydrogens (tertiary/aromatic N) is 6. The van der Waals surface area contributed by atoms with Gasteiger partial charge in [-0.05, 0) is 45.6 Å². The van der Waals surface area contributed by atoms with E-state index in [9.17, 15) is 14.4 Å². The molecule has 1 unspecified atom stereocenters. The SMILES string of the molecule is COc1cc2nc3c(cc2c(OC)c1OC)CN(C(=O)c1ncoc1C)CCN(C(=O)c1sc(C)nc1C)CCC(=O)NCC1CCCN3C1. The number of pyridine rings is 1. The Labute approximate surface area is 294 Å². The number of ether oxygens (including phenoxy) is 3. The molecular formula is C35H43N7O7S. The summed E-state index contributed by atoms with van der Waals surface area (Å²) in [5, 5.41) is 4.58. The number of carbonyl (C=O) groups is 3. The van der Waals surface area contributed by atoms with Gasteiger partial charge in [-0.25, -0.2) is 15.0 Å². The molecule has 3 amide bonds. The maximum Gasteiger partial charge on any atom is 0.276 e. The Bertz CT molecular complexity index is 1910. The van der Waals surface area contributed by atoms with Crippen LogP contribution in [0.4, 0.5) is 5.82 Å². The second-order valence-corrected chi connectivity index (χ2v) is 13.8. The van der Waals surface area contributed by atoms with Gasteiger partial charge in [0.25, 0.3) is 11.8 Å². The standard InChI is InChI=1S/C35H43N7O7S/c1-20-32(50-22(3)38-20)35(45)40-11-9-28(43)36-16-23-8-7-10-41(17-23)33-24(18-42(13-12-40)34(44)29-21(2)49-19-37-29)14-25-26(39-33)15-27(46-4)31(48-6)30(25)47-5/h14-15,19,23H,7-13,16-18H2,1-6H3,(H,36,43). The van der Waals surface area contributed by atoms with Gasteiger partial charge >= 0.3 is 0 Å². The molecule has 4 aromatic rings. The van der Waals surface area contributed by atoms with E-state index in [0.29, 0.717) is 57.6 Å². The van der Waals surface area contributed by atoms with Crippen LogP contribution in [0.3, 0.4) is 0 Å². The topological polar surface area (TPSA) is 152 Å². The number of aryl methyl sites for hydroxylation is 3. The molecule has 1 atom stereocenters. The number of carbonyl (C=O) groups excluding carboxylic acids is 3. The summed E-state index contributed by atoms with van der Waals surface area (Å²) in [6, 6.07) is 3.81. The van der Waals surface area contributed by atoms with Gasteiger partial charge in [0, 0.05) is 69.3 Å². The number of thiazole rings is 1. The number of anilines is 1. The van der Waals surface area contributed by atoms with Crippen LogP contribution in [-0.4, -0.2) is 103 Å². The maximum atomic E-state index is 14.3. The number of methoxy groups -OCH3 is 3. The summed E-state index contributed by atoms with van der Waals surface area (Å²) >= 11 is 1.32. The molecule has 266 valence electrons. The molecule has 2 aliphatic heterocycles. The van der Waals surface area contributed by atoms with Crippen LogP contribution in [-0.2, 0) is 11.3 Å². The highest BCUT2D eigenvalue weighted by atomic mass is 32.1. The van der Waals surface area contributed by atoms with Gasteiger partial charge in [0.15, 0.2) is 23.6 Å². The van der Waals surface area contributed by atoms with Crippen LogP contribution >= 0.6 is 11.3 Å². The number of nitrogens with one attached hydrogen (secondary N) is 1. The van der Waals surface area contributed by atoms with Crippen LogP contribution in [0.15, 0.2) is 22.9 Å². The molecule has 14 nitrogen and oxygen atoms in total. The smallest absolute Gasteiger partial charge is 0.276 e. The van der Waals surface area contributed by atoms with E-state index in [0.717, 1.165) is 35.8 Å². The third-order valence-corrected chi connectivity index (χ3v) is 10.4. The molecule has 0 saturated carbocycles. The van der Waals surface area contributed by atoms with Crippen molar-refractivity contribution in [1.29, 1.82) is 0 Å². The number of amides is 3. The van der Waals surface area contributed by atoms with Gasteiger partial charge in [-0.2, -0.15) is 0 Å². The zero-order valence-electron chi connectivity index (χ0n) is 29.3. The largest absolute Gasteiger partial charge is 0.493 e. The van der Waals surface area contributed by atoms with E-state index < -0.39 is 0 Å². The van der Waals surface area contributed by atoms with E-state index in [1.807, 2.05) is 19.1 Å². The molecule has 0 aliphatic carbocycles. The van der Waals surface area contributed by atoms with E-state index in [4.69, 9.17) is 23.6 Å². The quantitative estimate of drug-likeness (QED) is 0.319. The first-order chi connectivity index (χ1) is 24.1. The Balaban J connectivity index is 1.48. The molecule has 0 radical (unpaired) electrons. The third-order valence-electron chi connectivity index (χ3n) is 9.31. The Morgan fingerprint density at radius 1 is 0.960 bits per heavy atom. The monoisotopic (exact) mass is 705 g/mol. The minimum Gasteiger partial charge on any atom is -0.493 e. The third kappa shape index (κ3) is 7.04. The predicted octanol–water partition coefficient (Wildman–Crippen LogP) is 4.15. The minimum atomic E-state index is -0.350. The summed E-state index contributed by atoms with van der Waals surface area (Å²) < 4.78 is 22.6. The molecule has 6 rings (SSSR count). The summed E-state index contributed by atoms with van der Waals surface area (Å²) in [7, 11) is 4.68. The lowest BCUT2D eigenvalue weighted by Gasteiger charge is -2.35. The molecule has 5 heterocycles. The highest BCUT2D eigenvalue weighted by Gasteiger charge is 2.30. The summed E-state index contributed by atoms with van der Waals surface area (Å²) in [6.45, 7) is 7.95. The van der Waals surface area contributed by atoms with Crippen LogP contribution in [0.1, 0.15) is 61.4 Å². The summed E-state index contributed by atoms with van der Waals surface area (Å²) in [4.78, 5) is 61.3. The maximum absolute atomic E-state index is 14.3. The van der Waals surface area contributed by atoms with Crippen LogP contribution in [0, 0.1) is 26.7 Å². The zero-order valence-corrected chi connectivity index (χ0v) is 30.1. The summed E-state index contributed by atoms with van der Waals surface area (Å²) in [5.74, 6) is 1.96. The van der Waals surface area contributed by atoms with Crippen molar-refractivity contribution >= 4 is 45.8 Å². The highest BCUT2D eigenvalue weighted by molar-refractivity contribution is 7.13. The molecule has 2 bridgehead atoms. The fraction of sp³-hybridized carbons (Fsp3) is 0.486. The van der Waals surface area contributed by atoms with E-state index in [-0.39, 0.29) is 61.9 Å². The average Bonchev–Trinajstić information content (AvgIpc) is 3.70. The number of rotatable bonds is 5. The molecule has 3 aromatic heterocycles. The fourth-order valence-corrected chi connectivity index (χ4v) is 7.66. The molecule has 1 aromatic carbocycles. The first-order valence-electron chi connectivity index (χ1n) is 16.7. The number of oxazole rings is 1. The molecule has 15 heteroatoms. The van der Waals surface area contributed by atoms with Gasteiger partial charge < -0.3 is 38.6 Å². The molecule has 1 fully saturated rings. The van der Waals surface area contributed by atoms with Gasteiger partial charge in [0.2, 0.25) is 11.7 Å². The van der Waals surface area contributed by atoms with Gasteiger partial charge in [0.05, 0.1) is 37.5 Å². The van der Waals surface area contributed by atoms with Gasteiger partial charge in [-0.1, -0.05) is 0 Å². The van der Waals surface area contributed by atoms with Crippen molar-refractivity contribution in [1.82, 2.24) is 30.1 Å². The Morgan fingerprint density at radius 2 is 1.74 bits per heavy atom. The Kier molecular flexibility index (Phi) is 10.4. The van der Waals surface area contributed by atoms with E-state index in [1.54, 1.807) is 45.0 Å². The van der Waals surface area contributed by atoms with Crippen molar-refractivity contribution in [3.63, 3.8) is 0 Å². The molecule has 0 spiro atoms. The number of aromatic nitrogens is 3. The minimum absolute atomic E-state index is 0.129. The molecule has 2 aliphatic rings. The molecule has 50 heavy (non-hydrogen) atoms. The van der Waals surface area contributed by atoms with E-state index in [2.05, 4.69) is 20.2 Å². The van der Waals surface area contributed by atoms with Gasteiger partial charge in [-0.15, -0.1) is 11.3 Å². The number of piperidine rings is 1. The Hall–Kier alpha value is -4.92. The molecule has 1 saturated heterocycles. The van der Waals surface area contributed by atoms with Crippen molar-refractivity contribution in [2.24, 2.45) is 5.92 Å². The molecular weight excluding hydrogens is 662 g/mol. The highest BCUT2D eigenvalue weighted by Crippen LogP contribution is 2.44. The predicted molar refractivity (Wildman–Crippen MR) is 187 cm³/mol. The van der Waals surface area contributed by atoms with Crippen LogP contribution in [0.25, 0.3) is 10.9 Å². The number of hydrogen-bond acceptors (Lipinski definition) is 12. The lowest BCUT2D eigenvalue weighted by molar-refractivity contribution is -0.121. The van der Waals surface area contributed by atoms with Crippen molar-refractivity contribution in [2.75, 3.05) is 65.5 Å². The van der Waals surface area contributed by atoms with Gasteiger partial charge in [-0.3, -0.25) is 14.4 Å². The number of hydrogen-bond donors (Lipinski definition) is 1.